The van der Waals surface area contributed by atoms with Gasteiger partial charge in [0.15, 0.2) is 0 Å². The van der Waals surface area contributed by atoms with Gasteiger partial charge in [-0.1, -0.05) is 93.6 Å². The first-order chi connectivity index (χ1) is 36.7. The number of amides is 6. The number of alkyl carbamates (subject to hydrolysis) is 2. The van der Waals surface area contributed by atoms with Crippen molar-refractivity contribution >= 4 is 59.1 Å². The molecule has 76 heavy (non-hydrogen) atoms. The normalized spacial score (nSPS) is 15.4. The summed E-state index contributed by atoms with van der Waals surface area (Å²) in [5.41, 5.74) is 15.0. The van der Waals surface area contributed by atoms with Crippen molar-refractivity contribution in [2.24, 2.45) is 16.6 Å². The molecule has 0 spiro atoms. The number of likely N-dealkylation sites (tertiary alicyclic amines) is 1. The number of nitrogens with zero attached hydrogens (tertiary/aromatic N) is 5. The number of anilines is 1. The highest BCUT2D eigenvalue weighted by Crippen LogP contribution is 2.44. The maximum atomic E-state index is 13.7. The monoisotopic (exact) mass is 1030 g/mol. The number of hydrogen-bond acceptors (Lipinski definition) is 13. The first kappa shape index (κ1) is 53.8. The third kappa shape index (κ3) is 12.9. The number of hydroxylamine groups is 2. The zero-order chi connectivity index (χ0) is 53.9. The van der Waals surface area contributed by atoms with E-state index in [1.54, 1.807) is 49.7 Å². The van der Waals surface area contributed by atoms with Crippen LogP contribution >= 0.6 is 0 Å². The molecule has 1 aromatic heterocycles. The van der Waals surface area contributed by atoms with E-state index in [4.69, 9.17) is 20.0 Å². The fourth-order valence-corrected chi connectivity index (χ4v) is 9.52. The van der Waals surface area contributed by atoms with Gasteiger partial charge in [-0.2, -0.15) is 0 Å². The second kappa shape index (κ2) is 24.7. The second-order valence-corrected chi connectivity index (χ2v) is 19.2. The Balaban J connectivity index is 0.770. The number of aromatic nitrogens is 2. The number of amidine groups is 1. The number of carbonyl (C=O) groups excluding carboxylic acids is 6. The Kier molecular flexibility index (Phi) is 17.5. The number of nitrogens with two attached hydrogens (primary N) is 1. The summed E-state index contributed by atoms with van der Waals surface area (Å²) in [4.78, 5) is 100. The minimum Gasteiger partial charge on any atom is -0.449 e. The number of rotatable bonds is 19. The van der Waals surface area contributed by atoms with Gasteiger partial charge in [-0.05, 0) is 96.7 Å². The van der Waals surface area contributed by atoms with Crippen LogP contribution in [0.4, 0.5) is 21.0 Å². The van der Waals surface area contributed by atoms with Crippen LogP contribution in [0.5, 0.6) is 0 Å². The maximum Gasteiger partial charge on any atom is 0.407 e. The van der Waals surface area contributed by atoms with Crippen LogP contribution in [0.25, 0.3) is 28.3 Å². The molecule has 3 atom stereocenters. The molecule has 5 aromatic rings. The van der Waals surface area contributed by atoms with Crippen molar-refractivity contribution in [3.8, 4) is 22.3 Å². The van der Waals surface area contributed by atoms with E-state index in [0.717, 1.165) is 39.8 Å². The topological polar surface area (TPSA) is 249 Å². The van der Waals surface area contributed by atoms with Crippen LogP contribution in [-0.4, -0.2) is 106 Å². The minimum atomic E-state index is -0.968. The van der Waals surface area contributed by atoms with E-state index in [9.17, 15) is 28.8 Å². The summed E-state index contributed by atoms with van der Waals surface area (Å²) >= 11 is 0. The Hall–Kier alpha value is -8.45. The number of ether oxygens (including phenoxy) is 2. The molecule has 8 rings (SSSR count). The van der Waals surface area contributed by atoms with Crippen molar-refractivity contribution in [1.29, 1.82) is 0 Å². The first-order valence-corrected chi connectivity index (χ1v) is 25.7. The highest BCUT2D eigenvalue weighted by molar-refractivity contribution is 6.05. The molecule has 0 bridgehead atoms. The molecular weight excluding hydrogens is 969 g/mol. The number of carbonyl (C=O) groups is 6. The van der Waals surface area contributed by atoms with Crippen LogP contribution in [-0.2, 0) is 46.6 Å². The van der Waals surface area contributed by atoms with Crippen LogP contribution in [0.3, 0.4) is 0 Å². The summed E-state index contributed by atoms with van der Waals surface area (Å²) in [6, 6.07) is 25.6. The maximum absolute atomic E-state index is 13.7. The highest BCUT2D eigenvalue weighted by Gasteiger charge is 2.39. The average Bonchev–Trinajstić information content (AvgIpc) is 3.99. The van der Waals surface area contributed by atoms with Crippen LogP contribution in [0.1, 0.15) is 94.3 Å². The fraction of sp³-hybridized carbons (Fsp3) is 0.351. The van der Waals surface area contributed by atoms with E-state index < -0.39 is 48.0 Å². The van der Waals surface area contributed by atoms with Crippen molar-refractivity contribution in [3.05, 3.63) is 137 Å². The summed E-state index contributed by atoms with van der Waals surface area (Å²) in [5, 5.41) is 12.4. The van der Waals surface area contributed by atoms with Gasteiger partial charge < -0.3 is 41.4 Å². The predicted molar refractivity (Wildman–Crippen MR) is 286 cm³/mol. The Morgan fingerprint density at radius 2 is 1.53 bits per heavy atom. The van der Waals surface area contributed by atoms with Gasteiger partial charge in [0.25, 0.3) is 5.91 Å². The molecule has 19 nitrogen and oxygen atoms in total. The summed E-state index contributed by atoms with van der Waals surface area (Å²) < 4.78 is 11.1. The summed E-state index contributed by atoms with van der Waals surface area (Å²) in [7, 11) is 0. The minimum absolute atomic E-state index is 0.0100. The van der Waals surface area contributed by atoms with Gasteiger partial charge in [0, 0.05) is 60.2 Å². The van der Waals surface area contributed by atoms with Crippen molar-refractivity contribution in [2.45, 2.75) is 97.5 Å². The van der Waals surface area contributed by atoms with E-state index >= 15 is 0 Å². The molecule has 19 heteroatoms. The number of hydrogen-bond donors (Lipinski definition) is 5. The van der Waals surface area contributed by atoms with Gasteiger partial charge in [-0.3, -0.25) is 24.0 Å². The second-order valence-electron chi connectivity index (χ2n) is 19.2. The fourth-order valence-electron chi connectivity index (χ4n) is 9.52. The lowest BCUT2D eigenvalue weighted by Crippen LogP contribution is -2.56. The van der Waals surface area contributed by atoms with Gasteiger partial charge >= 0.3 is 12.2 Å². The van der Waals surface area contributed by atoms with Gasteiger partial charge in [0.2, 0.25) is 17.7 Å². The van der Waals surface area contributed by atoms with Crippen LogP contribution in [0, 0.1) is 5.92 Å². The van der Waals surface area contributed by atoms with E-state index in [1.165, 1.54) is 9.96 Å². The summed E-state index contributed by atoms with van der Waals surface area (Å²) in [5.74, 6) is -1.37. The van der Waals surface area contributed by atoms with Crippen molar-refractivity contribution in [1.82, 2.24) is 35.9 Å². The Labute approximate surface area is 441 Å². The zero-order valence-corrected chi connectivity index (χ0v) is 43.3. The van der Waals surface area contributed by atoms with Gasteiger partial charge in [0.05, 0.1) is 18.8 Å². The van der Waals surface area contributed by atoms with Crippen molar-refractivity contribution in [3.63, 3.8) is 0 Å². The molecule has 4 aromatic carbocycles. The molecule has 1 fully saturated rings. The first-order valence-electron chi connectivity index (χ1n) is 25.7. The third-order valence-corrected chi connectivity index (χ3v) is 13.4. The standard InChI is InChI=1S/C57H64N10O9/c1-6-24-67(76-7-2)55(71)39-26-38-21-20-37(27-47(38)64-49(58)28-39)40-29-59-50(60-30-40)31-61-56(72)74-32-36-18-22-41(23-19-36)63-53(69)51(34(3)4)65-52(68)48-17-12-25-66(48)54(70)35(5)62-57(73)75-33-46-44-15-10-8-13-42(44)43-14-9-11-16-45(43)46/h8-11,13-16,18-23,26-27,29-30,34-35,46,48,51H,6-7,12,17,24-25,28,31-33H2,1-5H3,(H2,58,64)(H,61,72)(H,62,73)(H,63,69)(H,65,68)/t35-,48-,51-/m0/s1. The molecule has 0 radical (unpaired) electrons. The number of fused-ring (bicyclic) bond motifs is 4. The number of nitrogens with one attached hydrogen (secondary N) is 4. The molecule has 1 saturated heterocycles. The lowest BCUT2D eigenvalue weighted by atomic mass is 9.98. The molecular formula is C57H64N10O9. The van der Waals surface area contributed by atoms with Crippen molar-refractivity contribution in [2.75, 3.05) is 31.6 Å². The highest BCUT2D eigenvalue weighted by atomic mass is 16.7. The summed E-state index contributed by atoms with van der Waals surface area (Å²) in [6.07, 6.45) is 5.55. The van der Waals surface area contributed by atoms with E-state index in [2.05, 4.69) is 48.4 Å². The van der Waals surface area contributed by atoms with Gasteiger partial charge in [0.1, 0.15) is 43.0 Å². The van der Waals surface area contributed by atoms with E-state index in [-0.39, 0.29) is 43.9 Å². The van der Waals surface area contributed by atoms with Crippen LogP contribution in [0.15, 0.2) is 114 Å². The number of benzene rings is 4. The van der Waals surface area contributed by atoms with Crippen molar-refractivity contribution < 1.29 is 43.1 Å². The lowest BCUT2D eigenvalue weighted by Gasteiger charge is -2.29. The molecule has 3 aliphatic rings. The quantitative estimate of drug-likeness (QED) is 0.0504. The average molecular weight is 1030 g/mol. The zero-order valence-electron chi connectivity index (χ0n) is 43.3. The third-order valence-electron chi connectivity index (χ3n) is 13.4. The Morgan fingerprint density at radius 1 is 0.829 bits per heavy atom. The molecule has 2 aliphatic heterocycles. The van der Waals surface area contributed by atoms with Gasteiger partial charge in [-0.15, -0.1) is 0 Å². The molecule has 396 valence electrons. The SMILES string of the molecule is CCCN(OCC)C(=O)C1=Cc2ccc(-c3cnc(CNC(=O)OCc4ccc(NC(=O)[C@@H](NC(=O)[C@@H]5CCCN5C(=O)[C@H](C)NC(=O)OCC5c6ccccc6-c6ccccc65)C(C)C)cc4)nc3)cc2N=C(N)C1. The Bertz CT molecular complexity index is 2960. The Morgan fingerprint density at radius 3 is 2.20 bits per heavy atom. The lowest BCUT2D eigenvalue weighted by molar-refractivity contribution is -0.180. The molecule has 0 unspecified atom stereocenters. The molecule has 6 N–H and O–H groups in total. The predicted octanol–water partition coefficient (Wildman–Crippen LogP) is 7.53. The summed E-state index contributed by atoms with van der Waals surface area (Å²) in [6.45, 7) is 10.2. The van der Waals surface area contributed by atoms with Crippen LogP contribution < -0.4 is 27.0 Å². The molecule has 6 amide bonds. The van der Waals surface area contributed by atoms with E-state index in [1.807, 2.05) is 82.3 Å². The van der Waals surface area contributed by atoms with E-state index in [0.29, 0.717) is 72.3 Å². The number of aliphatic imine (C=N–C) groups is 1. The van der Waals surface area contributed by atoms with Crippen LogP contribution in [0.2, 0.25) is 0 Å². The van der Waals surface area contributed by atoms with Gasteiger partial charge in [-0.25, -0.2) is 29.6 Å². The molecule has 1 aliphatic carbocycles. The smallest absolute Gasteiger partial charge is 0.407 e. The molecule has 0 saturated carbocycles. The molecule has 3 heterocycles. The largest absolute Gasteiger partial charge is 0.449 e.